The summed E-state index contributed by atoms with van der Waals surface area (Å²) in [6.45, 7) is 4.62. The van der Waals surface area contributed by atoms with Crippen LogP contribution in [0.5, 0.6) is 5.75 Å². The van der Waals surface area contributed by atoms with Gasteiger partial charge in [-0.25, -0.2) is 13.1 Å². The molecule has 0 radical (unpaired) electrons. The molecule has 25 heavy (non-hydrogen) atoms. The van der Waals surface area contributed by atoms with E-state index in [9.17, 15) is 8.42 Å². The Morgan fingerprint density at radius 1 is 1.20 bits per heavy atom. The molecule has 1 aliphatic heterocycles. The molecule has 3 rings (SSSR count). The second kappa shape index (κ2) is 7.48. The maximum Gasteiger partial charge on any atom is 0.240 e. The first-order chi connectivity index (χ1) is 11.8. The lowest BCUT2D eigenvalue weighted by Gasteiger charge is -2.26. The number of nitrogens with one attached hydrogen (secondary N) is 1. The maximum absolute atomic E-state index is 12.6. The minimum Gasteiger partial charge on any atom is -0.492 e. The zero-order valence-electron chi connectivity index (χ0n) is 14.3. The summed E-state index contributed by atoms with van der Waals surface area (Å²) in [6, 6.07) is 12.6. The van der Waals surface area contributed by atoms with Gasteiger partial charge in [-0.2, -0.15) is 0 Å². The number of halogens is 1. The van der Waals surface area contributed by atoms with Crippen molar-refractivity contribution >= 4 is 26.0 Å². The highest BCUT2D eigenvalue weighted by Crippen LogP contribution is 2.28. The average molecular weight is 424 g/mol. The van der Waals surface area contributed by atoms with E-state index in [4.69, 9.17) is 4.74 Å². The van der Waals surface area contributed by atoms with Crippen molar-refractivity contribution in [3.8, 4) is 5.75 Å². The predicted octanol–water partition coefficient (Wildman–Crippen LogP) is 3.93. The van der Waals surface area contributed by atoms with Gasteiger partial charge >= 0.3 is 0 Å². The van der Waals surface area contributed by atoms with Crippen LogP contribution in [-0.4, -0.2) is 21.1 Å². The van der Waals surface area contributed by atoms with Crippen LogP contribution >= 0.6 is 15.9 Å². The molecule has 0 saturated heterocycles. The lowest BCUT2D eigenvalue weighted by atomic mass is 10.0. The zero-order chi connectivity index (χ0) is 18.0. The van der Waals surface area contributed by atoms with Gasteiger partial charge in [-0.1, -0.05) is 41.9 Å². The number of ether oxygens (including phenoxy) is 1. The second-order valence-electron chi connectivity index (χ2n) is 6.83. The molecular weight excluding hydrogens is 402 g/mol. The smallest absolute Gasteiger partial charge is 0.240 e. The number of hydrogen-bond donors (Lipinski definition) is 1. The normalized spacial score (nSPS) is 17.2. The third kappa shape index (κ3) is 4.63. The second-order valence-corrected chi connectivity index (χ2v) is 9.46. The van der Waals surface area contributed by atoms with Gasteiger partial charge in [0, 0.05) is 4.47 Å². The first-order valence-corrected chi connectivity index (χ1v) is 10.6. The number of fused-ring (bicyclic) bond motifs is 1. The Bertz CT molecular complexity index is 847. The molecule has 4 nitrogen and oxygen atoms in total. The van der Waals surface area contributed by atoms with Gasteiger partial charge in [0.1, 0.15) is 12.4 Å². The minimum atomic E-state index is -3.56. The van der Waals surface area contributed by atoms with Gasteiger partial charge in [0.05, 0.1) is 10.9 Å². The van der Waals surface area contributed by atoms with Gasteiger partial charge in [0.15, 0.2) is 0 Å². The van der Waals surface area contributed by atoms with E-state index in [1.807, 2.05) is 30.3 Å². The van der Waals surface area contributed by atoms with E-state index in [2.05, 4.69) is 34.5 Å². The highest BCUT2D eigenvalue weighted by atomic mass is 79.9. The van der Waals surface area contributed by atoms with E-state index in [0.29, 0.717) is 23.8 Å². The quantitative estimate of drug-likeness (QED) is 0.792. The minimum absolute atomic E-state index is 0.276. The molecule has 0 saturated carbocycles. The van der Waals surface area contributed by atoms with E-state index in [-0.39, 0.29) is 6.04 Å². The highest BCUT2D eigenvalue weighted by Gasteiger charge is 2.25. The molecule has 1 N–H and O–H groups in total. The SMILES string of the molecule is CC(C)Cc1ccc(S(=O)(=O)NC2COc3ccc(Br)cc3C2)cc1. The molecule has 1 heterocycles. The van der Waals surface area contributed by atoms with Crippen LogP contribution in [0.2, 0.25) is 0 Å². The molecule has 2 aromatic carbocycles. The Labute approximate surface area is 157 Å². The lowest BCUT2D eigenvalue weighted by Crippen LogP contribution is -2.42. The molecular formula is C19H22BrNO3S. The van der Waals surface area contributed by atoms with Crippen LogP contribution in [0.25, 0.3) is 0 Å². The van der Waals surface area contributed by atoms with Crippen molar-refractivity contribution in [2.75, 3.05) is 6.61 Å². The molecule has 1 aliphatic rings. The summed E-state index contributed by atoms with van der Waals surface area (Å²) < 4.78 is 34.7. The van der Waals surface area contributed by atoms with Crippen LogP contribution in [0.15, 0.2) is 51.8 Å². The predicted molar refractivity (Wildman–Crippen MR) is 102 cm³/mol. The molecule has 1 unspecified atom stereocenters. The van der Waals surface area contributed by atoms with Crippen LogP contribution in [-0.2, 0) is 22.9 Å². The van der Waals surface area contributed by atoms with E-state index < -0.39 is 10.0 Å². The van der Waals surface area contributed by atoms with Crippen molar-refractivity contribution in [3.05, 3.63) is 58.1 Å². The summed E-state index contributed by atoms with van der Waals surface area (Å²) in [5, 5.41) is 0. The van der Waals surface area contributed by atoms with Crippen molar-refractivity contribution in [1.82, 2.24) is 4.72 Å². The standard InChI is InChI=1S/C19H22BrNO3S/c1-13(2)9-14-3-6-18(7-4-14)25(22,23)21-17-11-15-10-16(20)5-8-19(15)24-12-17/h3-8,10,13,17,21H,9,11-12H2,1-2H3. The molecule has 2 aromatic rings. The Kier molecular flexibility index (Phi) is 5.51. The molecule has 0 aliphatic carbocycles. The van der Waals surface area contributed by atoms with E-state index in [0.717, 1.165) is 27.8 Å². The van der Waals surface area contributed by atoms with Crippen molar-refractivity contribution < 1.29 is 13.2 Å². The van der Waals surface area contributed by atoms with Gasteiger partial charge < -0.3 is 4.74 Å². The summed E-state index contributed by atoms with van der Waals surface area (Å²) in [6.07, 6.45) is 1.55. The number of benzene rings is 2. The van der Waals surface area contributed by atoms with Gasteiger partial charge in [0.25, 0.3) is 0 Å². The van der Waals surface area contributed by atoms with Gasteiger partial charge in [-0.15, -0.1) is 0 Å². The largest absolute Gasteiger partial charge is 0.492 e. The van der Waals surface area contributed by atoms with Crippen molar-refractivity contribution in [3.63, 3.8) is 0 Å². The maximum atomic E-state index is 12.6. The first-order valence-electron chi connectivity index (χ1n) is 8.36. The summed E-state index contributed by atoms with van der Waals surface area (Å²) in [5.41, 5.74) is 2.15. The number of rotatable bonds is 5. The zero-order valence-corrected chi connectivity index (χ0v) is 16.7. The monoisotopic (exact) mass is 423 g/mol. The lowest BCUT2D eigenvalue weighted by molar-refractivity contribution is 0.254. The van der Waals surface area contributed by atoms with Gasteiger partial charge in [-0.05, 0) is 60.2 Å². The van der Waals surface area contributed by atoms with E-state index >= 15 is 0 Å². The van der Waals surface area contributed by atoms with Crippen molar-refractivity contribution in [1.29, 1.82) is 0 Å². The highest BCUT2D eigenvalue weighted by molar-refractivity contribution is 9.10. The van der Waals surface area contributed by atoms with Crippen LogP contribution in [0, 0.1) is 5.92 Å². The molecule has 0 spiro atoms. The summed E-state index contributed by atoms with van der Waals surface area (Å²) in [7, 11) is -3.56. The molecule has 0 fully saturated rings. The van der Waals surface area contributed by atoms with Gasteiger partial charge in [0.2, 0.25) is 10.0 Å². The fourth-order valence-corrected chi connectivity index (χ4v) is 4.63. The van der Waals surface area contributed by atoms with E-state index in [1.54, 1.807) is 12.1 Å². The topological polar surface area (TPSA) is 55.4 Å². The van der Waals surface area contributed by atoms with Crippen LogP contribution < -0.4 is 9.46 Å². The third-order valence-corrected chi connectivity index (χ3v) is 6.16. The third-order valence-electron chi connectivity index (χ3n) is 4.13. The van der Waals surface area contributed by atoms with Crippen molar-refractivity contribution in [2.45, 2.75) is 37.6 Å². The van der Waals surface area contributed by atoms with E-state index in [1.165, 1.54) is 0 Å². The fourth-order valence-electron chi connectivity index (χ4n) is 3.00. The number of hydrogen-bond acceptors (Lipinski definition) is 3. The van der Waals surface area contributed by atoms with Gasteiger partial charge in [-0.3, -0.25) is 0 Å². The average Bonchev–Trinajstić information content (AvgIpc) is 2.54. The van der Waals surface area contributed by atoms with Crippen LogP contribution in [0.4, 0.5) is 0 Å². The van der Waals surface area contributed by atoms with Crippen LogP contribution in [0.1, 0.15) is 25.0 Å². The molecule has 6 heteroatoms. The summed E-state index contributed by atoms with van der Waals surface area (Å²) in [5.74, 6) is 1.36. The fraction of sp³-hybridized carbons (Fsp3) is 0.368. The summed E-state index contributed by atoms with van der Waals surface area (Å²) >= 11 is 3.44. The Hall–Kier alpha value is -1.37. The number of sulfonamides is 1. The van der Waals surface area contributed by atoms with Crippen LogP contribution in [0.3, 0.4) is 0 Å². The molecule has 1 atom stereocenters. The Balaban J connectivity index is 1.71. The molecule has 0 amide bonds. The summed E-state index contributed by atoms with van der Waals surface area (Å²) in [4.78, 5) is 0.292. The van der Waals surface area contributed by atoms with Crippen molar-refractivity contribution in [2.24, 2.45) is 5.92 Å². The molecule has 134 valence electrons. The Morgan fingerprint density at radius 2 is 1.92 bits per heavy atom. The Morgan fingerprint density at radius 3 is 2.60 bits per heavy atom. The first kappa shape index (κ1) is 18.4. The molecule has 0 bridgehead atoms. The molecule has 0 aromatic heterocycles.